The number of nitrogens with one attached hydrogen (secondary N) is 2. The van der Waals surface area contributed by atoms with Crippen LogP contribution in [0.4, 0.5) is 0 Å². The van der Waals surface area contributed by atoms with Crippen LogP contribution in [-0.4, -0.2) is 32.7 Å². The van der Waals surface area contributed by atoms with E-state index in [1.54, 1.807) is 6.07 Å². The van der Waals surface area contributed by atoms with E-state index >= 15 is 0 Å². The van der Waals surface area contributed by atoms with Gasteiger partial charge in [-0.3, -0.25) is 14.7 Å². The van der Waals surface area contributed by atoms with Crippen LogP contribution in [0.15, 0.2) is 6.07 Å². The summed E-state index contributed by atoms with van der Waals surface area (Å²) >= 11 is 0. The Kier molecular flexibility index (Phi) is 3.36. The fourth-order valence-electron chi connectivity index (χ4n) is 2.53. The molecule has 2 rings (SSSR count). The van der Waals surface area contributed by atoms with Gasteiger partial charge in [0.25, 0.3) is 5.91 Å². The van der Waals surface area contributed by atoms with Crippen molar-refractivity contribution in [2.24, 2.45) is 0 Å². The van der Waals surface area contributed by atoms with E-state index in [-0.39, 0.29) is 12.3 Å². The first-order valence-corrected chi connectivity index (χ1v) is 6.07. The normalized spacial score (nSPS) is 17.6. The Morgan fingerprint density at radius 1 is 1.50 bits per heavy atom. The van der Waals surface area contributed by atoms with Crippen LogP contribution >= 0.6 is 0 Å². The second-order valence-electron chi connectivity index (χ2n) is 4.95. The molecule has 18 heavy (non-hydrogen) atoms. The third kappa shape index (κ3) is 2.69. The van der Waals surface area contributed by atoms with E-state index in [1.165, 1.54) is 0 Å². The number of carbonyl (C=O) groups is 2. The highest BCUT2D eigenvalue weighted by molar-refractivity contribution is 5.93. The van der Waals surface area contributed by atoms with Gasteiger partial charge >= 0.3 is 5.97 Å². The first-order chi connectivity index (χ1) is 8.51. The third-order valence-corrected chi connectivity index (χ3v) is 3.37. The van der Waals surface area contributed by atoms with Crippen LogP contribution in [0.2, 0.25) is 0 Å². The van der Waals surface area contributed by atoms with Crippen LogP contribution in [0.5, 0.6) is 0 Å². The van der Waals surface area contributed by atoms with Gasteiger partial charge in [0.1, 0.15) is 5.69 Å². The Balaban J connectivity index is 2.09. The largest absolute Gasteiger partial charge is 0.481 e. The SMILES string of the molecule is Cc1cc(C(=O)NC2(CC(=O)O)CCCC2)n[nH]1. The zero-order valence-electron chi connectivity index (χ0n) is 10.3. The molecule has 3 N–H and O–H groups in total. The number of aliphatic carboxylic acids is 1. The highest BCUT2D eigenvalue weighted by Gasteiger charge is 2.37. The van der Waals surface area contributed by atoms with Gasteiger partial charge in [-0.15, -0.1) is 0 Å². The average Bonchev–Trinajstić information content (AvgIpc) is 2.87. The van der Waals surface area contributed by atoms with Crippen LogP contribution in [0.25, 0.3) is 0 Å². The van der Waals surface area contributed by atoms with Crippen LogP contribution in [0.3, 0.4) is 0 Å². The van der Waals surface area contributed by atoms with Gasteiger partial charge in [0.2, 0.25) is 0 Å². The molecule has 0 saturated heterocycles. The van der Waals surface area contributed by atoms with Crippen molar-refractivity contribution in [1.82, 2.24) is 15.5 Å². The van der Waals surface area contributed by atoms with Gasteiger partial charge in [0, 0.05) is 5.69 Å². The molecule has 1 saturated carbocycles. The molecule has 0 unspecified atom stereocenters. The summed E-state index contributed by atoms with van der Waals surface area (Å²) in [6, 6.07) is 1.65. The first kappa shape index (κ1) is 12.6. The molecule has 0 aliphatic heterocycles. The zero-order chi connectivity index (χ0) is 13.2. The van der Waals surface area contributed by atoms with Gasteiger partial charge in [-0.05, 0) is 25.8 Å². The highest BCUT2D eigenvalue weighted by Crippen LogP contribution is 2.32. The predicted octanol–water partition coefficient (Wildman–Crippen LogP) is 1.24. The van der Waals surface area contributed by atoms with Crippen LogP contribution < -0.4 is 5.32 Å². The fraction of sp³-hybridized carbons (Fsp3) is 0.583. The van der Waals surface area contributed by atoms with E-state index in [4.69, 9.17) is 5.11 Å². The van der Waals surface area contributed by atoms with Gasteiger partial charge in [0.05, 0.1) is 12.0 Å². The summed E-state index contributed by atoms with van der Waals surface area (Å²) in [7, 11) is 0. The molecular weight excluding hydrogens is 234 g/mol. The lowest BCUT2D eigenvalue weighted by atomic mass is 9.93. The molecule has 1 aliphatic rings. The molecule has 1 fully saturated rings. The molecule has 0 bridgehead atoms. The van der Waals surface area contributed by atoms with Crippen molar-refractivity contribution in [3.8, 4) is 0 Å². The summed E-state index contributed by atoms with van der Waals surface area (Å²) < 4.78 is 0. The number of rotatable bonds is 4. The minimum absolute atomic E-state index is 0.0256. The number of aromatic amines is 1. The highest BCUT2D eigenvalue weighted by atomic mass is 16.4. The van der Waals surface area contributed by atoms with Crippen molar-refractivity contribution >= 4 is 11.9 Å². The molecule has 6 heteroatoms. The number of aryl methyl sites for hydroxylation is 1. The first-order valence-electron chi connectivity index (χ1n) is 6.07. The van der Waals surface area contributed by atoms with Crippen molar-refractivity contribution < 1.29 is 14.7 Å². The number of hydrogen-bond donors (Lipinski definition) is 3. The molecule has 1 heterocycles. The van der Waals surface area contributed by atoms with Crippen LogP contribution in [0, 0.1) is 6.92 Å². The van der Waals surface area contributed by atoms with Gasteiger partial charge in [0.15, 0.2) is 0 Å². The molecule has 0 spiro atoms. The summed E-state index contributed by atoms with van der Waals surface area (Å²) in [5, 5.41) is 18.4. The molecular formula is C12H17N3O3. The van der Waals surface area contributed by atoms with Crippen molar-refractivity contribution in [1.29, 1.82) is 0 Å². The number of carboxylic acids is 1. The summed E-state index contributed by atoms with van der Waals surface area (Å²) in [6.07, 6.45) is 3.31. The molecule has 98 valence electrons. The number of nitrogens with zero attached hydrogens (tertiary/aromatic N) is 1. The summed E-state index contributed by atoms with van der Waals surface area (Å²) in [4.78, 5) is 22.9. The number of carboxylic acid groups (broad SMARTS) is 1. The molecule has 6 nitrogen and oxygen atoms in total. The van der Waals surface area contributed by atoms with Crippen molar-refractivity contribution in [2.75, 3.05) is 0 Å². The Bertz CT molecular complexity index is 461. The van der Waals surface area contributed by atoms with E-state index in [0.717, 1.165) is 18.5 Å². The lowest BCUT2D eigenvalue weighted by Gasteiger charge is -2.28. The maximum absolute atomic E-state index is 12.0. The summed E-state index contributed by atoms with van der Waals surface area (Å²) in [6.45, 7) is 1.81. The van der Waals surface area contributed by atoms with Gasteiger partial charge < -0.3 is 10.4 Å². The molecule has 0 atom stereocenters. The number of hydrogen-bond acceptors (Lipinski definition) is 3. The minimum atomic E-state index is -0.879. The standard InChI is InChI=1S/C12H17N3O3/c1-8-6-9(15-14-8)11(18)13-12(7-10(16)17)4-2-3-5-12/h6H,2-5,7H2,1H3,(H,13,18)(H,14,15)(H,16,17). The molecule has 1 aromatic heterocycles. The summed E-state index contributed by atoms with van der Waals surface area (Å²) in [5.41, 5.74) is 0.512. The minimum Gasteiger partial charge on any atom is -0.481 e. The Morgan fingerprint density at radius 2 is 2.17 bits per heavy atom. The number of aromatic nitrogens is 2. The quantitative estimate of drug-likeness (QED) is 0.750. The van der Waals surface area contributed by atoms with E-state index in [1.807, 2.05) is 6.92 Å². The molecule has 0 radical (unpaired) electrons. The van der Waals surface area contributed by atoms with Gasteiger partial charge in [-0.1, -0.05) is 12.8 Å². The monoisotopic (exact) mass is 251 g/mol. The van der Waals surface area contributed by atoms with E-state index in [2.05, 4.69) is 15.5 Å². The molecule has 0 aromatic carbocycles. The van der Waals surface area contributed by atoms with Crippen LogP contribution in [0.1, 0.15) is 48.3 Å². The van der Waals surface area contributed by atoms with E-state index < -0.39 is 11.5 Å². The van der Waals surface area contributed by atoms with E-state index in [9.17, 15) is 9.59 Å². The third-order valence-electron chi connectivity index (χ3n) is 3.37. The number of carbonyl (C=O) groups excluding carboxylic acids is 1. The van der Waals surface area contributed by atoms with E-state index in [0.29, 0.717) is 18.5 Å². The fourth-order valence-corrected chi connectivity index (χ4v) is 2.53. The Hall–Kier alpha value is -1.85. The topological polar surface area (TPSA) is 95.1 Å². The summed E-state index contributed by atoms with van der Waals surface area (Å²) in [5.74, 6) is -1.18. The predicted molar refractivity (Wildman–Crippen MR) is 64.2 cm³/mol. The van der Waals surface area contributed by atoms with Crippen molar-refractivity contribution in [3.63, 3.8) is 0 Å². The molecule has 1 aliphatic carbocycles. The van der Waals surface area contributed by atoms with Crippen molar-refractivity contribution in [2.45, 2.75) is 44.6 Å². The second-order valence-corrected chi connectivity index (χ2v) is 4.95. The maximum atomic E-state index is 12.0. The number of H-pyrrole nitrogens is 1. The molecule has 1 amide bonds. The van der Waals surface area contributed by atoms with Gasteiger partial charge in [-0.25, -0.2) is 0 Å². The van der Waals surface area contributed by atoms with Crippen LogP contribution in [-0.2, 0) is 4.79 Å². The Morgan fingerprint density at radius 3 is 2.67 bits per heavy atom. The second kappa shape index (κ2) is 4.80. The zero-order valence-corrected chi connectivity index (χ0v) is 10.3. The number of amides is 1. The Labute approximate surface area is 105 Å². The maximum Gasteiger partial charge on any atom is 0.305 e. The van der Waals surface area contributed by atoms with Crippen molar-refractivity contribution in [3.05, 3.63) is 17.5 Å². The van der Waals surface area contributed by atoms with Gasteiger partial charge in [-0.2, -0.15) is 5.10 Å². The average molecular weight is 251 g/mol. The smallest absolute Gasteiger partial charge is 0.305 e. The lowest BCUT2D eigenvalue weighted by molar-refractivity contribution is -0.138. The molecule has 1 aromatic rings. The lowest BCUT2D eigenvalue weighted by Crippen LogP contribution is -2.47.